The van der Waals surface area contributed by atoms with Gasteiger partial charge in [0.05, 0.1) is 18.3 Å². The van der Waals surface area contributed by atoms with Gasteiger partial charge in [-0.25, -0.2) is 4.68 Å². The molecule has 6 aliphatic rings. The fourth-order valence-corrected chi connectivity index (χ4v) is 8.49. The van der Waals surface area contributed by atoms with E-state index in [1.807, 2.05) is 12.1 Å². The van der Waals surface area contributed by atoms with Crippen molar-refractivity contribution in [2.45, 2.75) is 90.1 Å². The van der Waals surface area contributed by atoms with Crippen molar-refractivity contribution in [3.05, 3.63) is 41.2 Å². The molecule has 1 aromatic carbocycles. The lowest BCUT2D eigenvalue weighted by Gasteiger charge is -2.58. The highest BCUT2D eigenvalue weighted by Crippen LogP contribution is 2.63. The predicted molar refractivity (Wildman–Crippen MR) is 132 cm³/mol. The van der Waals surface area contributed by atoms with Crippen molar-refractivity contribution >= 4 is 11.8 Å². The average molecular weight is 490 g/mol. The number of hydrogen-bond acceptors (Lipinski definition) is 6. The maximum absolute atomic E-state index is 12.4. The van der Waals surface area contributed by atoms with Gasteiger partial charge < -0.3 is 4.74 Å². The number of piperidine rings is 1. The number of hydrogen-bond donors (Lipinski definition) is 1. The molecule has 0 spiro atoms. The minimum Gasteiger partial charge on any atom is -0.487 e. The highest BCUT2D eigenvalue weighted by atomic mass is 16.5. The topological polar surface area (TPSA) is 89.4 Å². The Morgan fingerprint density at radius 1 is 1.11 bits per heavy atom. The molecule has 36 heavy (non-hydrogen) atoms. The van der Waals surface area contributed by atoms with Crippen LogP contribution in [-0.4, -0.2) is 37.7 Å². The van der Waals surface area contributed by atoms with E-state index in [0.29, 0.717) is 44.0 Å². The van der Waals surface area contributed by atoms with Gasteiger partial charge in [0.25, 0.3) is 0 Å². The minimum atomic E-state index is -0.270. The molecule has 8 heteroatoms. The summed E-state index contributed by atoms with van der Waals surface area (Å²) in [5, 5.41) is 11.5. The summed E-state index contributed by atoms with van der Waals surface area (Å²) in [6.07, 6.45) is 11.5. The molecule has 5 fully saturated rings. The van der Waals surface area contributed by atoms with Crippen LogP contribution in [0.1, 0.15) is 81.2 Å². The maximum atomic E-state index is 12.4. The van der Waals surface area contributed by atoms with E-state index in [1.54, 1.807) is 0 Å². The number of ether oxygens (including phenoxy) is 1. The Hall–Kier alpha value is -2.74. The van der Waals surface area contributed by atoms with E-state index in [9.17, 15) is 9.59 Å². The molecule has 2 amide bonds. The number of nitrogens with one attached hydrogen (secondary N) is 1. The van der Waals surface area contributed by atoms with Crippen LogP contribution >= 0.6 is 0 Å². The molecule has 8 rings (SSSR count). The third-order valence-corrected chi connectivity index (χ3v) is 9.92. The van der Waals surface area contributed by atoms with E-state index < -0.39 is 0 Å². The quantitative estimate of drug-likeness (QED) is 0.622. The number of carbonyl (C=O) groups is 2. The standard InChI is InChI=1S/C28H35N5O3/c1-17(28-10-18-7-19(11-28)9-20(8-18)12-28)33-14-22(30-31-33)16-36-25-4-2-3-21-13-32(15-23(21)25)24-5-6-26(34)29-27(24)35/h2-4,14,17-20,24H,5-13,15-16H2,1H3,(H,29,34,35). The Labute approximate surface area is 211 Å². The minimum absolute atomic E-state index is 0.178. The molecular weight excluding hydrogens is 454 g/mol. The van der Waals surface area contributed by atoms with Gasteiger partial charge >= 0.3 is 0 Å². The van der Waals surface area contributed by atoms with Crippen molar-refractivity contribution in [1.29, 1.82) is 0 Å². The molecule has 190 valence electrons. The predicted octanol–water partition coefficient (Wildman–Crippen LogP) is 3.76. The smallest absolute Gasteiger partial charge is 0.243 e. The largest absolute Gasteiger partial charge is 0.487 e. The van der Waals surface area contributed by atoms with Crippen molar-refractivity contribution in [3.8, 4) is 5.75 Å². The third kappa shape index (κ3) is 3.76. The van der Waals surface area contributed by atoms with Crippen molar-refractivity contribution in [1.82, 2.24) is 25.2 Å². The molecule has 2 unspecified atom stereocenters. The van der Waals surface area contributed by atoms with E-state index in [1.165, 1.54) is 44.1 Å². The summed E-state index contributed by atoms with van der Waals surface area (Å²) in [5.74, 6) is 3.24. The third-order valence-electron chi connectivity index (χ3n) is 9.92. The lowest BCUT2D eigenvalue weighted by atomic mass is 9.48. The number of amides is 2. The number of benzene rings is 1. The van der Waals surface area contributed by atoms with Gasteiger partial charge in [-0.3, -0.25) is 19.8 Å². The number of fused-ring (bicyclic) bond motifs is 1. The van der Waals surface area contributed by atoms with Crippen LogP contribution in [-0.2, 0) is 29.3 Å². The lowest BCUT2D eigenvalue weighted by Crippen LogP contribution is -2.50. The summed E-state index contributed by atoms with van der Waals surface area (Å²) in [6, 6.07) is 6.20. The second kappa shape index (κ2) is 8.40. The highest BCUT2D eigenvalue weighted by molar-refractivity contribution is 6.00. The van der Waals surface area contributed by atoms with Crippen LogP contribution < -0.4 is 10.1 Å². The van der Waals surface area contributed by atoms with Crippen molar-refractivity contribution in [3.63, 3.8) is 0 Å². The van der Waals surface area contributed by atoms with E-state index in [-0.39, 0.29) is 17.9 Å². The van der Waals surface area contributed by atoms with Gasteiger partial charge in [-0.05, 0) is 86.7 Å². The zero-order valence-corrected chi connectivity index (χ0v) is 21.0. The summed E-state index contributed by atoms with van der Waals surface area (Å²) in [7, 11) is 0. The molecule has 1 aromatic heterocycles. The zero-order chi connectivity index (χ0) is 24.4. The second-order valence-electron chi connectivity index (χ2n) is 12.2. The Kier molecular flexibility index (Phi) is 5.24. The molecule has 1 N–H and O–H groups in total. The highest BCUT2D eigenvalue weighted by Gasteiger charge is 2.53. The number of aromatic nitrogens is 3. The van der Waals surface area contributed by atoms with E-state index in [4.69, 9.17) is 4.74 Å². The zero-order valence-electron chi connectivity index (χ0n) is 21.0. The SMILES string of the molecule is CC(n1cc(COc2cccc3c2CN(C2CCC(=O)NC2=O)C3)nn1)C12CC3CC(CC(C3)C1)C2. The molecule has 4 aliphatic carbocycles. The first-order valence-corrected chi connectivity index (χ1v) is 13.7. The van der Waals surface area contributed by atoms with Crippen LogP contribution in [0.3, 0.4) is 0 Å². The fraction of sp³-hybridized carbons (Fsp3) is 0.643. The summed E-state index contributed by atoms with van der Waals surface area (Å²) < 4.78 is 8.36. The number of nitrogens with zero attached hydrogens (tertiary/aromatic N) is 4. The van der Waals surface area contributed by atoms with Gasteiger partial charge in [0, 0.05) is 25.1 Å². The van der Waals surface area contributed by atoms with Crippen molar-refractivity contribution < 1.29 is 14.3 Å². The first kappa shape index (κ1) is 22.5. The van der Waals surface area contributed by atoms with Gasteiger partial charge in [0.1, 0.15) is 18.1 Å². The van der Waals surface area contributed by atoms with Crippen molar-refractivity contribution in [2.24, 2.45) is 23.2 Å². The normalized spacial score (nSPS) is 34.0. The average Bonchev–Trinajstić information content (AvgIpc) is 3.49. The molecule has 0 radical (unpaired) electrons. The molecule has 8 nitrogen and oxygen atoms in total. The summed E-state index contributed by atoms with van der Waals surface area (Å²) in [4.78, 5) is 26.1. The molecule has 3 heterocycles. The molecule has 4 bridgehead atoms. The van der Waals surface area contributed by atoms with Gasteiger partial charge in [-0.15, -0.1) is 5.10 Å². The second-order valence-corrected chi connectivity index (χ2v) is 12.2. The first-order chi connectivity index (χ1) is 17.5. The van der Waals surface area contributed by atoms with E-state index in [2.05, 4.69) is 44.4 Å². The van der Waals surface area contributed by atoms with Gasteiger partial charge in [-0.1, -0.05) is 17.3 Å². The van der Waals surface area contributed by atoms with Crippen molar-refractivity contribution in [2.75, 3.05) is 0 Å². The molecule has 2 aliphatic heterocycles. The van der Waals surface area contributed by atoms with Crippen LogP contribution in [0.25, 0.3) is 0 Å². The van der Waals surface area contributed by atoms with Crippen LogP contribution in [0.4, 0.5) is 0 Å². The monoisotopic (exact) mass is 489 g/mol. The molecular formula is C28H35N5O3. The van der Waals surface area contributed by atoms with Gasteiger partial charge in [0.15, 0.2) is 0 Å². The van der Waals surface area contributed by atoms with Crippen LogP contribution in [0.2, 0.25) is 0 Å². The molecule has 1 saturated heterocycles. The number of rotatable bonds is 6. The van der Waals surface area contributed by atoms with Gasteiger partial charge in [0.2, 0.25) is 11.8 Å². The Morgan fingerprint density at radius 3 is 2.58 bits per heavy atom. The Balaban J connectivity index is 1.02. The maximum Gasteiger partial charge on any atom is 0.243 e. The summed E-state index contributed by atoms with van der Waals surface area (Å²) >= 11 is 0. The van der Waals surface area contributed by atoms with E-state index in [0.717, 1.165) is 34.8 Å². The summed E-state index contributed by atoms with van der Waals surface area (Å²) in [6.45, 7) is 4.06. The summed E-state index contributed by atoms with van der Waals surface area (Å²) in [5.41, 5.74) is 3.54. The van der Waals surface area contributed by atoms with Crippen LogP contribution in [0.5, 0.6) is 5.75 Å². The van der Waals surface area contributed by atoms with Crippen LogP contribution in [0.15, 0.2) is 24.4 Å². The Morgan fingerprint density at radius 2 is 1.86 bits per heavy atom. The van der Waals surface area contributed by atoms with E-state index >= 15 is 0 Å². The molecule has 2 atom stereocenters. The molecule has 2 aromatic rings. The van der Waals surface area contributed by atoms with Crippen LogP contribution in [0, 0.1) is 23.2 Å². The first-order valence-electron chi connectivity index (χ1n) is 13.7. The number of imide groups is 1. The van der Waals surface area contributed by atoms with Gasteiger partial charge in [-0.2, -0.15) is 0 Å². The Bertz CT molecular complexity index is 1170. The number of carbonyl (C=O) groups excluding carboxylic acids is 2. The molecule has 4 saturated carbocycles. The lowest BCUT2D eigenvalue weighted by molar-refractivity contribution is -0.137. The fourth-order valence-electron chi connectivity index (χ4n) is 8.49.